The lowest BCUT2D eigenvalue weighted by Crippen LogP contribution is -2.37. The Labute approximate surface area is 157 Å². The lowest BCUT2D eigenvalue weighted by Gasteiger charge is -2.09. The van der Waals surface area contributed by atoms with Crippen molar-refractivity contribution in [3.05, 3.63) is 82.9 Å². The van der Waals surface area contributed by atoms with Crippen LogP contribution < -0.4 is 10.6 Å². The minimum Gasteiger partial charge on any atom is -0.350 e. The molecule has 0 radical (unpaired) electrons. The highest BCUT2D eigenvalue weighted by Gasteiger charge is 2.08. The van der Waals surface area contributed by atoms with Crippen LogP contribution in [-0.4, -0.2) is 18.4 Å². The molecule has 0 spiro atoms. The Morgan fingerprint density at radius 2 is 1.54 bits per heavy atom. The van der Waals surface area contributed by atoms with Crippen LogP contribution >= 0.6 is 11.6 Å². The van der Waals surface area contributed by atoms with Gasteiger partial charge in [0.15, 0.2) is 0 Å². The number of amides is 2. The first-order valence-electron chi connectivity index (χ1n) is 8.36. The van der Waals surface area contributed by atoms with E-state index in [0.717, 1.165) is 21.9 Å². The Balaban J connectivity index is 1.49. The molecule has 0 aliphatic rings. The van der Waals surface area contributed by atoms with Gasteiger partial charge >= 0.3 is 0 Å². The number of nitrogens with one attached hydrogen (secondary N) is 2. The highest BCUT2D eigenvalue weighted by Crippen LogP contribution is 2.18. The first-order chi connectivity index (χ1) is 12.6. The molecule has 0 aromatic heterocycles. The third-order valence-corrected chi connectivity index (χ3v) is 4.33. The molecule has 5 heteroatoms. The molecule has 0 atom stereocenters. The van der Waals surface area contributed by atoms with Crippen LogP contribution in [0.3, 0.4) is 0 Å². The summed E-state index contributed by atoms with van der Waals surface area (Å²) < 4.78 is 0. The molecular weight excluding hydrogens is 348 g/mol. The quantitative estimate of drug-likeness (QED) is 0.701. The Morgan fingerprint density at radius 1 is 0.808 bits per heavy atom. The summed E-state index contributed by atoms with van der Waals surface area (Å²) in [5.74, 6) is -0.408. The summed E-state index contributed by atoms with van der Waals surface area (Å²) >= 11 is 5.83. The zero-order valence-corrected chi connectivity index (χ0v) is 14.9. The van der Waals surface area contributed by atoms with Gasteiger partial charge in [-0.05, 0) is 34.0 Å². The molecule has 3 aromatic rings. The largest absolute Gasteiger partial charge is 0.350 e. The number of carbonyl (C=O) groups is 2. The molecule has 0 aliphatic carbocycles. The SMILES string of the molecule is O=C(CNC(=O)Cc1cccc2ccccc12)NCc1ccc(Cl)cc1. The first-order valence-corrected chi connectivity index (χ1v) is 8.74. The number of halogens is 1. The average Bonchev–Trinajstić information content (AvgIpc) is 2.66. The van der Waals surface area contributed by atoms with Gasteiger partial charge in [0, 0.05) is 11.6 Å². The van der Waals surface area contributed by atoms with E-state index in [2.05, 4.69) is 10.6 Å². The van der Waals surface area contributed by atoms with E-state index in [1.165, 1.54) is 0 Å². The molecule has 2 N–H and O–H groups in total. The van der Waals surface area contributed by atoms with Crippen LogP contribution in [-0.2, 0) is 22.6 Å². The van der Waals surface area contributed by atoms with Crippen molar-refractivity contribution in [3.8, 4) is 0 Å². The second-order valence-corrected chi connectivity index (χ2v) is 6.43. The molecule has 0 unspecified atom stereocenters. The van der Waals surface area contributed by atoms with Crippen LogP contribution in [0, 0.1) is 0 Å². The molecule has 2 amide bonds. The van der Waals surface area contributed by atoms with Gasteiger partial charge < -0.3 is 10.6 Å². The summed E-state index contributed by atoms with van der Waals surface area (Å²) in [5.41, 5.74) is 1.90. The minimum atomic E-state index is -0.230. The van der Waals surface area contributed by atoms with Gasteiger partial charge in [-0.3, -0.25) is 9.59 Å². The third kappa shape index (κ3) is 4.83. The predicted molar refractivity (Wildman–Crippen MR) is 104 cm³/mol. The number of hydrogen-bond donors (Lipinski definition) is 2. The number of benzene rings is 3. The summed E-state index contributed by atoms with van der Waals surface area (Å²) in [6.07, 6.45) is 0.242. The van der Waals surface area contributed by atoms with Gasteiger partial charge in [0.2, 0.25) is 11.8 Å². The summed E-state index contributed by atoms with van der Waals surface area (Å²) in [6.45, 7) is 0.354. The fraction of sp³-hybridized carbons (Fsp3) is 0.143. The zero-order chi connectivity index (χ0) is 18.4. The van der Waals surface area contributed by atoms with Crippen LogP contribution in [0.1, 0.15) is 11.1 Å². The fourth-order valence-corrected chi connectivity index (χ4v) is 2.85. The molecule has 4 nitrogen and oxygen atoms in total. The van der Waals surface area contributed by atoms with Crippen molar-refractivity contribution in [2.75, 3.05) is 6.54 Å². The molecule has 3 rings (SSSR count). The Morgan fingerprint density at radius 3 is 2.35 bits per heavy atom. The van der Waals surface area contributed by atoms with Gasteiger partial charge in [-0.1, -0.05) is 66.2 Å². The maximum atomic E-state index is 12.2. The smallest absolute Gasteiger partial charge is 0.239 e. The fourth-order valence-electron chi connectivity index (χ4n) is 2.73. The lowest BCUT2D eigenvalue weighted by molar-refractivity contribution is -0.125. The number of carbonyl (C=O) groups excluding carboxylic acids is 2. The van der Waals surface area contributed by atoms with Crippen molar-refractivity contribution >= 4 is 34.2 Å². The normalized spacial score (nSPS) is 10.5. The Hall–Kier alpha value is -2.85. The second-order valence-electron chi connectivity index (χ2n) is 5.99. The molecule has 0 bridgehead atoms. The van der Waals surface area contributed by atoms with Gasteiger partial charge in [0.25, 0.3) is 0 Å². The third-order valence-electron chi connectivity index (χ3n) is 4.08. The van der Waals surface area contributed by atoms with E-state index in [0.29, 0.717) is 11.6 Å². The summed E-state index contributed by atoms with van der Waals surface area (Å²) in [4.78, 5) is 24.1. The van der Waals surface area contributed by atoms with Crippen LogP contribution in [0.4, 0.5) is 0 Å². The molecule has 0 heterocycles. The molecule has 0 saturated carbocycles. The van der Waals surface area contributed by atoms with E-state index in [-0.39, 0.29) is 24.8 Å². The zero-order valence-electron chi connectivity index (χ0n) is 14.2. The standard InChI is InChI=1S/C21H19ClN2O2/c22-18-10-8-15(9-11-18)13-23-21(26)14-24-20(25)12-17-6-3-5-16-4-1-2-7-19(16)17/h1-11H,12-14H2,(H,23,26)(H,24,25). The lowest BCUT2D eigenvalue weighted by atomic mass is 10.0. The maximum absolute atomic E-state index is 12.2. The van der Waals surface area contributed by atoms with Crippen molar-refractivity contribution in [2.24, 2.45) is 0 Å². The van der Waals surface area contributed by atoms with Gasteiger partial charge in [-0.2, -0.15) is 0 Å². The molecule has 26 heavy (non-hydrogen) atoms. The first kappa shape index (κ1) is 18.0. The molecule has 3 aromatic carbocycles. The predicted octanol–water partition coefficient (Wildman–Crippen LogP) is 3.47. The van der Waals surface area contributed by atoms with Gasteiger partial charge in [-0.15, -0.1) is 0 Å². The van der Waals surface area contributed by atoms with Crippen LogP contribution in [0.25, 0.3) is 10.8 Å². The van der Waals surface area contributed by atoms with Crippen LogP contribution in [0.15, 0.2) is 66.7 Å². The summed E-state index contributed by atoms with van der Waals surface area (Å²) in [5, 5.41) is 8.24. The summed E-state index contributed by atoms with van der Waals surface area (Å²) in [7, 11) is 0. The minimum absolute atomic E-state index is 0.0445. The second kappa shape index (κ2) is 8.50. The van der Waals surface area contributed by atoms with E-state index in [4.69, 9.17) is 11.6 Å². The average molecular weight is 367 g/mol. The number of hydrogen-bond acceptors (Lipinski definition) is 2. The molecular formula is C21H19ClN2O2. The van der Waals surface area contributed by atoms with Gasteiger partial charge in [-0.25, -0.2) is 0 Å². The number of rotatable bonds is 6. The monoisotopic (exact) mass is 366 g/mol. The van der Waals surface area contributed by atoms with Crippen molar-refractivity contribution in [2.45, 2.75) is 13.0 Å². The van der Waals surface area contributed by atoms with Crippen molar-refractivity contribution in [1.29, 1.82) is 0 Å². The van der Waals surface area contributed by atoms with E-state index in [1.807, 2.05) is 54.6 Å². The molecule has 0 fully saturated rings. The van der Waals surface area contributed by atoms with E-state index in [1.54, 1.807) is 12.1 Å². The van der Waals surface area contributed by atoms with Gasteiger partial charge in [0.1, 0.15) is 0 Å². The van der Waals surface area contributed by atoms with E-state index in [9.17, 15) is 9.59 Å². The van der Waals surface area contributed by atoms with Crippen molar-refractivity contribution in [1.82, 2.24) is 10.6 Å². The molecule has 132 valence electrons. The Bertz CT molecular complexity index is 917. The van der Waals surface area contributed by atoms with E-state index < -0.39 is 0 Å². The molecule has 0 aliphatic heterocycles. The number of fused-ring (bicyclic) bond motifs is 1. The van der Waals surface area contributed by atoms with Gasteiger partial charge in [0.05, 0.1) is 13.0 Å². The highest BCUT2D eigenvalue weighted by atomic mass is 35.5. The van der Waals surface area contributed by atoms with Crippen LogP contribution in [0.2, 0.25) is 5.02 Å². The maximum Gasteiger partial charge on any atom is 0.239 e. The molecule has 0 saturated heterocycles. The summed E-state index contributed by atoms with van der Waals surface area (Å²) in [6, 6.07) is 21.1. The van der Waals surface area contributed by atoms with Crippen molar-refractivity contribution < 1.29 is 9.59 Å². The topological polar surface area (TPSA) is 58.2 Å². The van der Waals surface area contributed by atoms with Crippen LogP contribution in [0.5, 0.6) is 0 Å². The van der Waals surface area contributed by atoms with E-state index >= 15 is 0 Å². The Kier molecular flexibility index (Phi) is 5.87. The highest BCUT2D eigenvalue weighted by molar-refractivity contribution is 6.30. The van der Waals surface area contributed by atoms with Crippen molar-refractivity contribution in [3.63, 3.8) is 0 Å².